The van der Waals surface area contributed by atoms with Gasteiger partial charge in [0, 0.05) is 19.5 Å². The normalized spacial score (nSPS) is 21.5. The van der Waals surface area contributed by atoms with E-state index in [0.717, 1.165) is 0 Å². The lowest BCUT2D eigenvalue weighted by Crippen LogP contribution is -2.39. The number of rotatable bonds is 6. The van der Waals surface area contributed by atoms with Crippen molar-refractivity contribution in [2.45, 2.75) is 40.2 Å². The lowest BCUT2D eigenvalue weighted by molar-refractivity contribution is -0.146. The van der Waals surface area contributed by atoms with Gasteiger partial charge < -0.3 is 20.8 Å². The first kappa shape index (κ1) is 15.8. The number of hydrogen-bond acceptors (Lipinski definition) is 3. The van der Waals surface area contributed by atoms with E-state index in [1.165, 1.54) is 0 Å². The predicted molar refractivity (Wildman–Crippen MR) is 70.7 cm³/mol. The van der Waals surface area contributed by atoms with Gasteiger partial charge in [-0.2, -0.15) is 0 Å². The Balaban J connectivity index is 2.18. The zero-order valence-electron chi connectivity index (χ0n) is 12.0. The Morgan fingerprint density at radius 3 is 2.11 bits per heavy atom. The molecule has 0 aliphatic heterocycles. The van der Waals surface area contributed by atoms with Crippen LogP contribution in [0.3, 0.4) is 0 Å². The Kier molecular flexibility index (Phi) is 4.45. The zero-order chi connectivity index (χ0) is 14.8. The molecule has 6 heteroatoms. The van der Waals surface area contributed by atoms with Gasteiger partial charge in [0.05, 0.1) is 0 Å². The Morgan fingerprint density at radius 2 is 1.68 bits per heavy atom. The standard InChI is InChI=1S/C13H24N2O4/c1-12(2)9(13(12,3)4)7-15-11(19)14-6-5-8(16)10(17)18/h8-9,16H,5-7H2,1-4H3,(H,17,18)(H2,14,15,19)/t8-/m0/s1. The van der Waals surface area contributed by atoms with Crippen molar-refractivity contribution in [3.05, 3.63) is 0 Å². The molecule has 19 heavy (non-hydrogen) atoms. The van der Waals surface area contributed by atoms with Crippen LogP contribution in [-0.2, 0) is 4.79 Å². The number of hydrogen-bond donors (Lipinski definition) is 4. The van der Waals surface area contributed by atoms with E-state index >= 15 is 0 Å². The van der Waals surface area contributed by atoms with Crippen molar-refractivity contribution in [2.75, 3.05) is 13.1 Å². The summed E-state index contributed by atoms with van der Waals surface area (Å²) in [5, 5.41) is 22.8. The number of aliphatic hydroxyl groups excluding tert-OH is 1. The quantitative estimate of drug-likeness (QED) is 0.575. The molecule has 110 valence electrons. The van der Waals surface area contributed by atoms with Crippen LogP contribution in [0.25, 0.3) is 0 Å². The molecule has 0 aromatic rings. The molecule has 0 aromatic carbocycles. The number of aliphatic hydroxyl groups is 1. The lowest BCUT2D eigenvalue weighted by Gasteiger charge is -2.09. The molecule has 1 atom stereocenters. The molecule has 0 spiro atoms. The van der Waals surface area contributed by atoms with Crippen molar-refractivity contribution in [3.63, 3.8) is 0 Å². The van der Waals surface area contributed by atoms with Crippen molar-refractivity contribution in [2.24, 2.45) is 16.7 Å². The second-order valence-corrected chi connectivity index (χ2v) is 6.28. The summed E-state index contributed by atoms with van der Waals surface area (Å²) in [6.45, 7) is 9.46. The molecule has 1 rings (SSSR count). The molecule has 1 saturated carbocycles. The second-order valence-electron chi connectivity index (χ2n) is 6.28. The Bertz CT molecular complexity index is 352. The van der Waals surface area contributed by atoms with Crippen LogP contribution in [0.4, 0.5) is 4.79 Å². The molecule has 0 saturated heterocycles. The van der Waals surface area contributed by atoms with E-state index in [-0.39, 0.29) is 29.8 Å². The van der Waals surface area contributed by atoms with E-state index in [9.17, 15) is 9.59 Å². The monoisotopic (exact) mass is 272 g/mol. The SMILES string of the molecule is CC1(C)C(CNC(=O)NCC[C@H](O)C(=O)O)C1(C)C. The maximum absolute atomic E-state index is 11.5. The van der Waals surface area contributed by atoms with Crippen molar-refractivity contribution in [1.82, 2.24) is 10.6 Å². The van der Waals surface area contributed by atoms with E-state index in [0.29, 0.717) is 12.5 Å². The average Bonchev–Trinajstić information content (AvgIpc) is 2.66. The fraction of sp³-hybridized carbons (Fsp3) is 0.846. The Morgan fingerprint density at radius 1 is 1.16 bits per heavy atom. The molecular formula is C13H24N2O4. The smallest absolute Gasteiger partial charge is 0.332 e. The first-order chi connectivity index (χ1) is 8.60. The summed E-state index contributed by atoms with van der Waals surface area (Å²) < 4.78 is 0. The molecule has 0 bridgehead atoms. The van der Waals surface area contributed by atoms with Gasteiger partial charge in [0.15, 0.2) is 6.10 Å². The molecule has 2 amide bonds. The van der Waals surface area contributed by atoms with Crippen LogP contribution < -0.4 is 10.6 Å². The number of amides is 2. The minimum Gasteiger partial charge on any atom is -0.479 e. The summed E-state index contributed by atoms with van der Waals surface area (Å²) in [7, 11) is 0. The summed E-state index contributed by atoms with van der Waals surface area (Å²) in [6.07, 6.45) is -1.43. The molecule has 1 fully saturated rings. The highest BCUT2D eigenvalue weighted by Gasteiger charge is 2.64. The summed E-state index contributed by atoms with van der Waals surface area (Å²) in [5.41, 5.74) is 0.444. The van der Waals surface area contributed by atoms with Crippen LogP contribution in [-0.4, -0.2) is 41.4 Å². The molecule has 0 aromatic heterocycles. The number of urea groups is 1. The van der Waals surface area contributed by atoms with Crippen molar-refractivity contribution in [3.8, 4) is 0 Å². The molecule has 1 aliphatic carbocycles. The highest BCUT2D eigenvalue weighted by atomic mass is 16.4. The molecule has 0 radical (unpaired) electrons. The van der Waals surface area contributed by atoms with Crippen LogP contribution in [0, 0.1) is 16.7 Å². The third-order valence-corrected chi connectivity index (χ3v) is 4.77. The number of aliphatic carboxylic acids is 1. The molecular weight excluding hydrogens is 248 g/mol. The summed E-state index contributed by atoms with van der Waals surface area (Å²) in [6, 6.07) is -0.323. The Hall–Kier alpha value is -1.30. The van der Waals surface area contributed by atoms with E-state index < -0.39 is 12.1 Å². The Labute approximate surface area is 113 Å². The maximum atomic E-state index is 11.5. The number of carboxylic acids is 1. The van der Waals surface area contributed by atoms with Gasteiger partial charge in [-0.25, -0.2) is 9.59 Å². The number of nitrogens with one attached hydrogen (secondary N) is 2. The van der Waals surface area contributed by atoms with Crippen LogP contribution in [0.15, 0.2) is 0 Å². The second kappa shape index (κ2) is 5.36. The molecule has 1 aliphatic rings. The predicted octanol–water partition coefficient (Wildman–Crippen LogP) is 0.803. The first-order valence-corrected chi connectivity index (χ1v) is 6.53. The van der Waals surface area contributed by atoms with E-state index in [2.05, 4.69) is 38.3 Å². The highest BCUT2D eigenvalue weighted by Crippen LogP contribution is 2.67. The van der Waals surface area contributed by atoms with Gasteiger partial charge in [-0.3, -0.25) is 0 Å². The van der Waals surface area contributed by atoms with Gasteiger partial charge in [0.25, 0.3) is 0 Å². The van der Waals surface area contributed by atoms with Crippen molar-refractivity contribution >= 4 is 12.0 Å². The topological polar surface area (TPSA) is 98.7 Å². The van der Waals surface area contributed by atoms with Gasteiger partial charge in [-0.1, -0.05) is 27.7 Å². The molecule has 4 N–H and O–H groups in total. The van der Waals surface area contributed by atoms with E-state index in [1.807, 2.05) is 0 Å². The van der Waals surface area contributed by atoms with E-state index in [4.69, 9.17) is 10.2 Å². The van der Waals surface area contributed by atoms with Gasteiger partial charge >= 0.3 is 12.0 Å². The molecule has 0 heterocycles. The highest BCUT2D eigenvalue weighted by molar-refractivity contribution is 5.74. The fourth-order valence-corrected chi connectivity index (χ4v) is 2.55. The van der Waals surface area contributed by atoms with Crippen LogP contribution >= 0.6 is 0 Å². The minimum absolute atomic E-state index is 0.00314. The lowest BCUT2D eigenvalue weighted by atomic mass is 10.0. The van der Waals surface area contributed by atoms with Gasteiger partial charge in [-0.05, 0) is 16.7 Å². The largest absolute Gasteiger partial charge is 0.479 e. The number of carbonyl (C=O) groups is 2. The molecule has 6 nitrogen and oxygen atoms in total. The minimum atomic E-state index is -1.43. The fourth-order valence-electron chi connectivity index (χ4n) is 2.55. The van der Waals surface area contributed by atoms with Crippen molar-refractivity contribution < 1.29 is 19.8 Å². The van der Waals surface area contributed by atoms with Gasteiger partial charge in [0.2, 0.25) is 0 Å². The van der Waals surface area contributed by atoms with Crippen molar-refractivity contribution in [1.29, 1.82) is 0 Å². The first-order valence-electron chi connectivity index (χ1n) is 6.53. The summed E-state index contributed by atoms with van der Waals surface area (Å²) in [4.78, 5) is 21.9. The van der Waals surface area contributed by atoms with Crippen LogP contribution in [0.5, 0.6) is 0 Å². The third-order valence-electron chi connectivity index (χ3n) is 4.77. The average molecular weight is 272 g/mol. The third kappa shape index (κ3) is 3.37. The van der Waals surface area contributed by atoms with E-state index in [1.54, 1.807) is 0 Å². The van der Waals surface area contributed by atoms with Gasteiger partial charge in [-0.15, -0.1) is 0 Å². The summed E-state index contributed by atoms with van der Waals surface area (Å²) >= 11 is 0. The van der Waals surface area contributed by atoms with Crippen LogP contribution in [0.1, 0.15) is 34.1 Å². The number of carbonyl (C=O) groups excluding carboxylic acids is 1. The number of carboxylic acid groups (broad SMARTS) is 1. The maximum Gasteiger partial charge on any atom is 0.332 e. The molecule has 0 unspecified atom stereocenters. The zero-order valence-corrected chi connectivity index (χ0v) is 12.0. The summed E-state index contributed by atoms with van der Waals surface area (Å²) in [5.74, 6) is -0.834. The van der Waals surface area contributed by atoms with Gasteiger partial charge in [0.1, 0.15) is 0 Å². The van der Waals surface area contributed by atoms with Crippen LogP contribution in [0.2, 0.25) is 0 Å².